The summed E-state index contributed by atoms with van der Waals surface area (Å²) >= 11 is 0. The summed E-state index contributed by atoms with van der Waals surface area (Å²) in [6, 6.07) is 3.33. The second-order valence-electron chi connectivity index (χ2n) is 14.5. The standard InChI is InChI=1S/C36H51N3O16S/c1-36(2,3)35(49)53-20-22-11-12-23(54-34-30(45)28(43)29(44)31(55-34)33(47)48)19-21(22)9-6-7-16-37-32(46)24(15-18-56(50,51)52)38-25(40)10-5-4-8-17-39-26(41)13-14-27(39)42/h11-14,19,24,28-31,34,43-45H,4-10,15-18,20H2,1-3H3,(H,37,46)(H,38,40)(H,47,48)(H,50,51,52)/t24-,28-,29-,30+,31-,34+/m0/s1. The number of carboxylic acids is 1. The molecule has 0 aliphatic carbocycles. The Balaban J connectivity index is 1.58. The van der Waals surface area contributed by atoms with E-state index in [0.29, 0.717) is 49.7 Å². The van der Waals surface area contributed by atoms with Crippen molar-refractivity contribution < 1.29 is 76.4 Å². The Kier molecular flexibility index (Phi) is 16.9. The molecule has 0 spiro atoms. The Hall–Kier alpha value is -4.47. The van der Waals surface area contributed by atoms with Crippen LogP contribution in [0.1, 0.15) is 76.8 Å². The van der Waals surface area contributed by atoms with E-state index in [1.807, 2.05) is 0 Å². The molecule has 2 heterocycles. The third-order valence-electron chi connectivity index (χ3n) is 8.89. The number of carboxylic acid groups (broad SMARTS) is 1. The Morgan fingerprint density at radius 2 is 1.61 bits per heavy atom. The molecule has 0 saturated carbocycles. The second kappa shape index (κ2) is 20.6. The number of nitrogens with zero attached hydrogens (tertiary/aromatic N) is 1. The van der Waals surface area contributed by atoms with Crippen molar-refractivity contribution in [1.82, 2.24) is 15.5 Å². The number of aliphatic carboxylic acids is 1. The molecule has 7 N–H and O–H groups in total. The van der Waals surface area contributed by atoms with Gasteiger partial charge in [-0.1, -0.05) is 12.5 Å². The van der Waals surface area contributed by atoms with Crippen molar-refractivity contribution in [3.63, 3.8) is 0 Å². The van der Waals surface area contributed by atoms with Crippen LogP contribution < -0.4 is 15.4 Å². The van der Waals surface area contributed by atoms with E-state index in [4.69, 9.17) is 14.2 Å². The van der Waals surface area contributed by atoms with Gasteiger partial charge in [0.05, 0.1) is 11.2 Å². The van der Waals surface area contributed by atoms with Gasteiger partial charge < -0.3 is 45.3 Å². The Morgan fingerprint density at radius 3 is 2.23 bits per heavy atom. The molecular formula is C36H51N3O16S. The summed E-state index contributed by atoms with van der Waals surface area (Å²) in [5.41, 5.74) is 0.424. The fourth-order valence-corrected chi connectivity index (χ4v) is 6.19. The third-order valence-corrected chi connectivity index (χ3v) is 9.64. The number of benzene rings is 1. The monoisotopic (exact) mass is 813 g/mol. The molecular weight excluding hydrogens is 762 g/mol. The topological polar surface area (TPSA) is 293 Å². The first-order chi connectivity index (χ1) is 26.2. The average molecular weight is 814 g/mol. The van der Waals surface area contributed by atoms with Crippen LogP contribution in [0.2, 0.25) is 0 Å². The SMILES string of the molecule is CC(C)(C)C(=O)OCc1ccc(O[C@@H]2O[C@H](C(=O)O)[C@@H](O)[C@H](O)[C@H]2O)cc1CCCCNC(=O)[C@H](CCS(=O)(=O)O)NC(=O)CCCCCN1C(=O)C=CC1=O. The molecule has 1 saturated heterocycles. The maximum atomic E-state index is 13.0. The van der Waals surface area contributed by atoms with Crippen molar-refractivity contribution >= 4 is 45.7 Å². The van der Waals surface area contributed by atoms with Crippen molar-refractivity contribution in [3.8, 4) is 5.75 Å². The summed E-state index contributed by atoms with van der Waals surface area (Å²) in [5.74, 6) is -4.74. The van der Waals surface area contributed by atoms with Crippen LogP contribution in [-0.2, 0) is 61.4 Å². The highest BCUT2D eigenvalue weighted by atomic mass is 32.2. The van der Waals surface area contributed by atoms with E-state index >= 15 is 0 Å². The van der Waals surface area contributed by atoms with Gasteiger partial charge in [-0.25, -0.2) is 4.79 Å². The number of imide groups is 1. The van der Waals surface area contributed by atoms with Crippen molar-refractivity contribution in [2.24, 2.45) is 5.41 Å². The zero-order valence-electron chi connectivity index (χ0n) is 31.4. The summed E-state index contributed by atoms with van der Waals surface area (Å²) in [7, 11) is -4.45. The van der Waals surface area contributed by atoms with E-state index in [2.05, 4.69) is 10.6 Å². The molecule has 20 heteroatoms. The van der Waals surface area contributed by atoms with Crippen LogP contribution in [0.3, 0.4) is 0 Å². The number of amides is 4. The Morgan fingerprint density at radius 1 is 0.929 bits per heavy atom. The van der Waals surface area contributed by atoms with Gasteiger partial charge in [0.1, 0.15) is 36.7 Å². The zero-order chi connectivity index (χ0) is 41.8. The van der Waals surface area contributed by atoms with Gasteiger partial charge in [-0.15, -0.1) is 0 Å². The summed E-state index contributed by atoms with van der Waals surface area (Å²) in [4.78, 5) is 74.0. The molecule has 0 bridgehead atoms. The number of hydrogen-bond acceptors (Lipinski definition) is 14. The highest BCUT2D eigenvalue weighted by Gasteiger charge is 2.48. The van der Waals surface area contributed by atoms with Crippen LogP contribution in [0, 0.1) is 5.41 Å². The number of unbranched alkanes of at least 4 members (excludes halogenated alkanes) is 3. The predicted molar refractivity (Wildman–Crippen MR) is 194 cm³/mol. The van der Waals surface area contributed by atoms with E-state index in [-0.39, 0.29) is 31.9 Å². The van der Waals surface area contributed by atoms with Crippen molar-refractivity contribution in [1.29, 1.82) is 0 Å². The highest BCUT2D eigenvalue weighted by molar-refractivity contribution is 7.85. The minimum Gasteiger partial charge on any atom is -0.479 e. The van der Waals surface area contributed by atoms with Crippen LogP contribution in [-0.4, -0.2) is 129 Å². The van der Waals surface area contributed by atoms with Crippen LogP contribution in [0.5, 0.6) is 5.75 Å². The number of carbonyl (C=O) groups is 6. The molecule has 56 heavy (non-hydrogen) atoms. The number of rotatable bonds is 21. The summed E-state index contributed by atoms with van der Waals surface area (Å²) in [6.07, 6.45) is -4.69. The summed E-state index contributed by atoms with van der Waals surface area (Å²) in [5, 5.41) is 45.1. The van der Waals surface area contributed by atoms with E-state index < -0.39 is 100 Å². The minimum absolute atomic E-state index is 0.0134. The lowest BCUT2D eigenvalue weighted by molar-refractivity contribution is -0.271. The fourth-order valence-electron chi connectivity index (χ4n) is 5.65. The smallest absolute Gasteiger partial charge is 0.335 e. The molecule has 1 fully saturated rings. The molecule has 2 aliphatic heterocycles. The minimum atomic E-state index is -4.45. The number of aliphatic hydroxyl groups excluding tert-OH is 3. The molecule has 3 rings (SSSR count). The number of esters is 1. The normalized spacial score (nSPS) is 21.8. The van der Waals surface area contributed by atoms with Crippen molar-refractivity contribution in [2.45, 2.75) is 115 Å². The molecule has 19 nitrogen and oxygen atoms in total. The van der Waals surface area contributed by atoms with Crippen LogP contribution in [0.4, 0.5) is 0 Å². The van der Waals surface area contributed by atoms with Crippen molar-refractivity contribution in [2.75, 3.05) is 18.8 Å². The molecule has 4 amide bonds. The largest absolute Gasteiger partial charge is 0.479 e. The average Bonchev–Trinajstić information content (AvgIpc) is 3.44. The molecule has 0 aromatic heterocycles. The van der Waals surface area contributed by atoms with E-state index in [1.54, 1.807) is 32.9 Å². The van der Waals surface area contributed by atoms with Crippen molar-refractivity contribution in [3.05, 3.63) is 41.5 Å². The van der Waals surface area contributed by atoms with Crippen LogP contribution in [0.25, 0.3) is 0 Å². The van der Waals surface area contributed by atoms with Gasteiger partial charge in [-0.3, -0.25) is 33.4 Å². The molecule has 1 aromatic carbocycles. The first-order valence-electron chi connectivity index (χ1n) is 18.1. The number of carbonyl (C=O) groups excluding carboxylic acids is 5. The molecule has 2 aliphatic rings. The number of nitrogens with one attached hydrogen (secondary N) is 2. The molecule has 0 unspecified atom stereocenters. The number of hydrogen-bond donors (Lipinski definition) is 7. The number of ether oxygens (including phenoxy) is 3. The van der Waals surface area contributed by atoms with Crippen LogP contribution >= 0.6 is 0 Å². The van der Waals surface area contributed by atoms with Gasteiger partial charge in [0.15, 0.2) is 6.10 Å². The lowest BCUT2D eigenvalue weighted by Crippen LogP contribution is -2.61. The Labute approximate surface area is 324 Å². The first-order valence-corrected chi connectivity index (χ1v) is 19.7. The molecule has 312 valence electrons. The molecule has 6 atom stereocenters. The third kappa shape index (κ3) is 14.2. The molecule has 1 aromatic rings. The summed E-state index contributed by atoms with van der Waals surface area (Å²) < 4.78 is 48.4. The van der Waals surface area contributed by atoms with Gasteiger partial charge in [-0.2, -0.15) is 8.42 Å². The van der Waals surface area contributed by atoms with Gasteiger partial charge in [0.25, 0.3) is 21.9 Å². The van der Waals surface area contributed by atoms with E-state index in [0.717, 1.165) is 4.90 Å². The maximum Gasteiger partial charge on any atom is 0.335 e. The first kappa shape index (κ1) is 45.9. The van der Waals surface area contributed by atoms with Gasteiger partial charge in [0.2, 0.25) is 18.1 Å². The van der Waals surface area contributed by atoms with E-state index in [1.165, 1.54) is 18.2 Å². The van der Waals surface area contributed by atoms with Gasteiger partial charge in [-0.05, 0) is 82.6 Å². The number of aryl methyl sites for hydroxylation is 1. The second-order valence-corrected chi connectivity index (χ2v) is 16.1. The fraction of sp³-hybridized carbons (Fsp3) is 0.611. The maximum absolute atomic E-state index is 13.0. The predicted octanol–water partition coefficient (Wildman–Crippen LogP) is -0.266. The lowest BCUT2D eigenvalue weighted by atomic mass is 9.97. The zero-order valence-corrected chi connectivity index (χ0v) is 32.2. The quantitative estimate of drug-likeness (QED) is 0.0364. The Bertz CT molecular complexity index is 1710. The highest BCUT2D eigenvalue weighted by Crippen LogP contribution is 2.28. The van der Waals surface area contributed by atoms with Gasteiger partial charge in [0, 0.05) is 31.7 Å². The summed E-state index contributed by atoms with van der Waals surface area (Å²) in [6.45, 7) is 5.26. The van der Waals surface area contributed by atoms with Gasteiger partial charge >= 0.3 is 11.9 Å². The number of aliphatic hydroxyl groups is 3. The van der Waals surface area contributed by atoms with Crippen LogP contribution in [0.15, 0.2) is 30.4 Å². The van der Waals surface area contributed by atoms with E-state index in [9.17, 15) is 62.2 Å². The lowest BCUT2D eigenvalue weighted by Gasteiger charge is -2.38. The molecule has 0 radical (unpaired) electrons.